The van der Waals surface area contributed by atoms with Crippen LogP contribution in [0, 0.1) is 10.1 Å². The van der Waals surface area contributed by atoms with Crippen molar-refractivity contribution in [2.75, 3.05) is 11.9 Å². The molecule has 3 aromatic rings. The van der Waals surface area contributed by atoms with E-state index in [0.29, 0.717) is 18.7 Å². The predicted octanol–water partition coefficient (Wildman–Crippen LogP) is 5.24. The quantitative estimate of drug-likeness (QED) is 0.349. The van der Waals surface area contributed by atoms with E-state index < -0.39 is 22.5 Å². The molecule has 194 valence electrons. The summed E-state index contributed by atoms with van der Waals surface area (Å²) >= 11 is 12.8. The lowest BCUT2D eigenvalue weighted by atomic mass is 10.1. The third kappa shape index (κ3) is 5.37. The fourth-order valence-corrected chi connectivity index (χ4v) is 4.51. The second-order valence-corrected chi connectivity index (χ2v) is 10.2. The van der Waals surface area contributed by atoms with Gasteiger partial charge in [0.05, 0.1) is 33.6 Å². The number of rotatable bonds is 4. The third-order valence-corrected chi connectivity index (χ3v) is 6.46. The fourth-order valence-electron chi connectivity index (χ4n) is 3.96. The Balaban J connectivity index is 1.58. The van der Waals surface area contributed by atoms with Crippen LogP contribution in [0.25, 0.3) is 11.3 Å². The topological polar surface area (TPSA) is 132 Å². The summed E-state index contributed by atoms with van der Waals surface area (Å²) in [6, 6.07) is 5.81. The fraction of sp³-hybridized carbons (Fsp3) is 0.333. The average molecular weight is 547 g/mol. The molecule has 2 aromatic heterocycles. The van der Waals surface area contributed by atoms with Gasteiger partial charge in [0.1, 0.15) is 10.6 Å². The van der Waals surface area contributed by atoms with Gasteiger partial charge in [0, 0.05) is 43.5 Å². The lowest BCUT2D eigenvalue weighted by molar-refractivity contribution is -0.384. The number of carbonyl (C=O) groups is 2. The number of hydrogen-bond acceptors (Lipinski definition) is 7. The molecule has 1 aliphatic rings. The molecule has 2 amide bonds. The van der Waals surface area contributed by atoms with E-state index in [1.807, 2.05) is 0 Å². The molecule has 0 bridgehead atoms. The molecule has 37 heavy (non-hydrogen) atoms. The van der Waals surface area contributed by atoms with Gasteiger partial charge in [-0.25, -0.2) is 9.78 Å². The summed E-state index contributed by atoms with van der Waals surface area (Å²) in [7, 11) is 1.73. The smallest absolute Gasteiger partial charge is 0.410 e. The number of nitro benzene ring substituents is 1. The Morgan fingerprint density at radius 2 is 1.92 bits per heavy atom. The predicted molar refractivity (Wildman–Crippen MR) is 138 cm³/mol. The number of pyridine rings is 1. The molecule has 0 fully saturated rings. The maximum atomic E-state index is 13.2. The monoisotopic (exact) mass is 546 g/mol. The molecule has 1 N–H and O–H groups in total. The maximum Gasteiger partial charge on any atom is 0.410 e. The molecule has 0 saturated heterocycles. The van der Waals surface area contributed by atoms with Crippen LogP contribution in [-0.4, -0.2) is 48.5 Å². The molecule has 11 nitrogen and oxygen atoms in total. The zero-order chi connectivity index (χ0) is 27.1. The number of hydrogen-bond donors (Lipinski definition) is 1. The van der Waals surface area contributed by atoms with Gasteiger partial charge in [-0.3, -0.25) is 19.9 Å². The summed E-state index contributed by atoms with van der Waals surface area (Å²) in [6.07, 6.45) is 1.48. The Hall–Kier alpha value is -3.70. The number of halogens is 2. The van der Waals surface area contributed by atoms with Crippen molar-refractivity contribution in [3.63, 3.8) is 0 Å². The molecular weight excluding hydrogens is 523 g/mol. The Bertz CT molecular complexity index is 1420. The Morgan fingerprint density at radius 3 is 2.59 bits per heavy atom. The van der Waals surface area contributed by atoms with Gasteiger partial charge in [0.15, 0.2) is 5.82 Å². The van der Waals surface area contributed by atoms with Crippen molar-refractivity contribution in [2.24, 2.45) is 7.05 Å². The highest BCUT2D eigenvalue weighted by Crippen LogP contribution is 2.39. The SMILES string of the molecule is Cn1c(C(=O)Nc2ccnc(-c3cccc([N+](=O)[O-])c3Cl)c2Cl)nc2c1CCN(C(=O)OC(C)(C)C)C2. The lowest BCUT2D eigenvalue weighted by Gasteiger charge is -2.29. The van der Waals surface area contributed by atoms with Gasteiger partial charge in [0.2, 0.25) is 0 Å². The second kappa shape index (κ2) is 9.98. The number of carbonyl (C=O) groups excluding carboxylic acids is 2. The van der Waals surface area contributed by atoms with Crippen molar-refractivity contribution in [3.05, 3.63) is 67.8 Å². The average Bonchev–Trinajstić information content (AvgIpc) is 3.15. The van der Waals surface area contributed by atoms with Crippen LogP contribution in [0.4, 0.5) is 16.2 Å². The van der Waals surface area contributed by atoms with Crippen LogP contribution in [-0.2, 0) is 24.8 Å². The first kappa shape index (κ1) is 26.4. The molecule has 0 spiro atoms. The largest absolute Gasteiger partial charge is 0.444 e. The van der Waals surface area contributed by atoms with E-state index >= 15 is 0 Å². The van der Waals surface area contributed by atoms with Crippen LogP contribution in [0.3, 0.4) is 0 Å². The summed E-state index contributed by atoms with van der Waals surface area (Å²) in [5.41, 5.74) is 1.21. The molecule has 0 atom stereocenters. The van der Waals surface area contributed by atoms with E-state index in [0.717, 1.165) is 5.69 Å². The van der Waals surface area contributed by atoms with Crippen molar-refractivity contribution < 1.29 is 19.2 Å². The number of fused-ring (bicyclic) bond motifs is 1. The summed E-state index contributed by atoms with van der Waals surface area (Å²) in [6.45, 7) is 6.05. The van der Waals surface area contributed by atoms with Gasteiger partial charge < -0.3 is 19.5 Å². The zero-order valence-corrected chi connectivity index (χ0v) is 22.1. The number of nitro groups is 1. The number of aromatic nitrogens is 3. The second-order valence-electron chi connectivity index (χ2n) is 9.41. The van der Waals surface area contributed by atoms with E-state index in [1.165, 1.54) is 24.4 Å². The highest BCUT2D eigenvalue weighted by Gasteiger charge is 2.30. The van der Waals surface area contributed by atoms with Gasteiger partial charge in [0.25, 0.3) is 11.6 Å². The maximum absolute atomic E-state index is 13.2. The van der Waals surface area contributed by atoms with Gasteiger partial charge in [-0.1, -0.05) is 35.3 Å². The van der Waals surface area contributed by atoms with Crippen molar-refractivity contribution >= 4 is 46.6 Å². The number of imidazole rings is 1. The van der Waals surface area contributed by atoms with Crippen LogP contribution in [0.5, 0.6) is 0 Å². The van der Waals surface area contributed by atoms with Crippen LogP contribution in [0.15, 0.2) is 30.5 Å². The summed E-state index contributed by atoms with van der Waals surface area (Å²) in [5, 5.41) is 13.9. The molecule has 13 heteroatoms. The molecule has 0 radical (unpaired) electrons. The number of ether oxygens (including phenoxy) is 1. The number of anilines is 1. The van der Waals surface area contributed by atoms with E-state index in [2.05, 4.69) is 15.3 Å². The Morgan fingerprint density at radius 1 is 1.19 bits per heavy atom. The van der Waals surface area contributed by atoms with E-state index in [1.54, 1.807) is 43.4 Å². The van der Waals surface area contributed by atoms with Gasteiger partial charge in [-0.2, -0.15) is 0 Å². The highest BCUT2D eigenvalue weighted by atomic mass is 35.5. The van der Waals surface area contributed by atoms with E-state index in [-0.39, 0.29) is 45.0 Å². The van der Waals surface area contributed by atoms with Crippen molar-refractivity contribution in [2.45, 2.75) is 39.3 Å². The van der Waals surface area contributed by atoms with Crippen molar-refractivity contribution in [1.29, 1.82) is 0 Å². The van der Waals surface area contributed by atoms with Gasteiger partial charge in [-0.05, 0) is 26.8 Å². The molecule has 0 aliphatic carbocycles. The van der Waals surface area contributed by atoms with Crippen molar-refractivity contribution in [3.8, 4) is 11.3 Å². The summed E-state index contributed by atoms with van der Waals surface area (Å²) < 4.78 is 7.14. The zero-order valence-electron chi connectivity index (χ0n) is 20.5. The van der Waals surface area contributed by atoms with Crippen LogP contribution in [0.2, 0.25) is 10.0 Å². The van der Waals surface area contributed by atoms with Crippen LogP contribution < -0.4 is 5.32 Å². The highest BCUT2D eigenvalue weighted by molar-refractivity contribution is 6.39. The Kier molecular flexibility index (Phi) is 7.11. The minimum atomic E-state index is -0.621. The first-order chi connectivity index (χ1) is 17.4. The minimum absolute atomic E-state index is 0.0633. The number of benzene rings is 1. The Labute approximate surface area is 222 Å². The van der Waals surface area contributed by atoms with E-state index in [9.17, 15) is 19.7 Å². The number of amides is 2. The minimum Gasteiger partial charge on any atom is -0.444 e. The van der Waals surface area contributed by atoms with Crippen LogP contribution >= 0.6 is 23.2 Å². The number of nitrogens with zero attached hydrogens (tertiary/aromatic N) is 5. The normalized spacial score (nSPS) is 13.2. The molecule has 0 saturated carbocycles. The number of nitrogens with one attached hydrogen (secondary N) is 1. The first-order valence-electron chi connectivity index (χ1n) is 11.3. The molecule has 0 unspecified atom stereocenters. The van der Waals surface area contributed by atoms with Gasteiger partial charge >= 0.3 is 6.09 Å². The molecule has 4 rings (SSSR count). The van der Waals surface area contributed by atoms with Crippen LogP contribution in [0.1, 0.15) is 42.8 Å². The summed E-state index contributed by atoms with van der Waals surface area (Å²) in [5.74, 6) is -0.385. The molecule has 1 aromatic carbocycles. The van der Waals surface area contributed by atoms with Gasteiger partial charge in [-0.15, -0.1) is 0 Å². The standard InChI is InChI=1S/C24H24Cl2N6O5/c1-24(2,3)37-23(34)31-11-9-16-15(12-31)28-21(30(16)4)22(33)29-14-8-10-27-20(19(14)26)13-6-5-7-17(18(13)25)32(35)36/h5-8,10H,9,11-12H2,1-4H3,(H,27,29,33). The molecule has 3 heterocycles. The lowest BCUT2D eigenvalue weighted by Crippen LogP contribution is -2.40. The third-order valence-electron chi connectivity index (χ3n) is 5.68. The molecular formula is C24H24Cl2N6O5. The summed E-state index contributed by atoms with van der Waals surface area (Å²) in [4.78, 5) is 46.6. The molecule has 1 aliphatic heterocycles. The first-order valence-corrected chi connectivity index (χ1v) is 12.0. The van der Waals surface area contributed by atoms with Crippen molar-refractivity contribution in [1.82, 2.24) is 19.4 Å². The van der Waals surface area contributed by atoms with E-state index in [4.69, 9.17) is 27.9 Å².